The molecule has 0 fully saturated rings. The maximum atomic E-state index is 8.41. The van der Waals surface area contributed by atoms with Crippen LogP contribution in [0.4, 0.5) is 5.69 Å². The summed E-state index contributed by atoms with van der Waals surface area (Å²) in [5.41, 5.74) is 13.5. The Morgan fingerprint density at radius 1 is 1.00 bits per heavy atom. The Labute approximate surface area is 159 Å². The minimum Gasteiger partial charge on any atom is -0.398 e. The van der Waals surface area contributed by atoms with Crippen molar-refractivity contribution in [1.82, 2.24) is 0 Å². The van der Waals surface area contributed by atoms with Gasteiger partial charge in [0.2, 0.25) is 0 Å². The Morgan fingerprint density at radius 2 is 1.78 bits per heavy atom. The molecular weight excluding hydrogens is 328 g/mol. The van der Waals surface area contributed by atoms with Gasteiger partial charge in [0.1, 0.15) is 0 Å². The summed E-state index contributed by atoms with van der Waals surface area (Å²) in [5, 5.41) is 10.5. The van der Waals surface area contributed by atoms with Gasteiger partial charge in [-0.1, -0.05) is 73.9 Å². The second-order valence-electron chi connectivity index (χ2n) is 6.51. The van der Waals surface area contributed by atoms with E-state index in [1.807, 2.05) is 54.6 Å². The van der Waals surface area contributed by atoms with Crippen LogP contribution in [0.1, 0.15) is 16.7 Å². The fraction of sp³-hybridized carbons (Fsp3) is 0. The molecule has 3 aromatic carbocycles. The van der Waals surface area contributed by atoms with Crippen molar-refractivity contribution in [3.05, 3.63) is 103 Å². The number of anilines is 1. The second-order valence-corrected chi connectivity index (χ2v) is 6.51. The van der Waals surface area contributed by atoms with Crippen molar-refractivity contribution in [2.45, 2.75) is 0 Å². The highest BCUT2D eigenvalue weighted by Crippen LogP contribution is 2.42. The molecule has 2 heteroatoms. The van der Waals surface area contributed by atoms with Crippen LogP contribution >= 0.6 is 0 Å². The van der Waals surface area contributed by atoms with Crippen LogP contribution in [0.25, 0.3) is 33.5 Å². The van der Waals surface area contributed by atoms with Crippen molar-refractivity contribution >= 4 is 33.8 Å². The molecule has 0 radical (unpaired) electrons. The van der Waals surface area contributed by atoms with Gasteiger partial charge in [-0.2, -0.15) is 0 Å². The van der Waals surface area contributed by atoms with Crippen LogP contribution in [0, 0.1) is 5.41 Å². The third-order valence-electron chi connectivity index (χ3n) is 4.98. The van der Waals surface area contributed by atoms with E-state index in [-0.39, 0.29) is 0 Å². The quantitative estimate of drug-likeness (QED) is 0.425. The molecule has 0 saturated carbocycles. The predicted molar refractivity (Wildman–Crippen MR) is 118 cm³/mol. The average molecular weight is 348 g/mol. The molecule has 130 valence electrons. The van der Waals surface area contributed by atoms with Gasteiger partial charge in [-0.15, -0.1) is 0 Å². The predicted octanol–water partition coefficient (Wildman–Crippen LogP) is 6.24. The molecule has 0 amide bonds. The fourth-order valence-corrected chi connectivity index (χ4v) is 3.76. The van der Waals surface area contributed by atoms with Gasteiger partial charge in [0.15, 0.2) is 0 Å². The summed E-state index contributed by atoms with van der Waals surface area (Å²) in [6.45, 7) is 7.81. The zero-order valence-electron chi connectivity index (χ0n) is 15.0. The Morgan fingerprint density at radius 3 is 2.48 bits per heavy atom. The normalized spacial score (nSPS) is 13.0. The lowest BCUT2D eigenvalue weighted by molar-refractivity contribution is 1.49. The highest BCUT2D eigenvalue weighted by Gasteiger charge is 2.21. The first-order valence-electron chi connectivity index (χ1n) is 8.83. The van der Waals surface area contributed by atoms with Crippen molar-refractivity contribution in [3.63, 3.8) is 0 Å². The van der Waals surface area contributed by atoms with Crippen molar-refractivity contribution < 1.29 is 0 Å². The summed E-state index contributed by atoms with van der Waals surface area (Å²) in [7, 11) is 0. The zero-order chi connectivity index (χ0) is 19.0. The van der Waals surface area contributed by atoms with Crippen LogP contribution in [-0.4, -0.2) is 5.71 Å². The highest BCUT2D eigenvalue weighted by atomic mass is 14.6. The molecule has 0 aliphatic heterocycles. The Hall–Kier alpha value is -3.65. The molecule has 0 bridgehead atoms. The number of rotatable bonds is 4. The number of allylic oxidation sites excluding steroid dienone is 5. The number of hydrogen-bond donors (Lipinski definition) is 2. The van der Waals surface area contributed by atoms with Gasteiger partial charge in [-0.05, 0) is 51.4 Å². The molecule has 2 nitrogen and oxygen atoms in total. The molecule has 1 aliphatic rings. The molecule has 27 heavy (non-hydrogen) atoms. The van der Waals surface area contributed by atoms with Crippen LogP contribution < -0.4 is 5.73 Å². The Kier molecular flexibility index (Phi) is 4.09. The summed E-state index contributed by atoms with van der Waals surface area (Å²) >= 11 is 0. The lowest BCUT2D eigenvalue weighted by atomic mass is 9.82. The summed E-state index contributed by atoms with van der Waals surface area (Å²) in [6, 6.07) is 16.4. The van der Waals surface area contributed by atoms with E-state index in [4.69, 9.17) is 11.1 Å². The van der Waals surface area contributed by atoms with E-state index < -0.39 is 0 Å². The summed E-state index contributed by atoms with van der Waals surface area (Å²) in [6.07, 6.45) is 9.42. The zero-order valence-corrected chi connectivity index (χ0v) is 15.0. The van der Waals surface area contributed by atoms with Crippen LogP contribution in [0.3, 0.4) is 0 Å². The average Bonchev–Trinajstić information content (AvgIpc) is 2.70. The topological polar surface area (TPSA) is 49.9 Å². The Balaban J connectivity index is 2.22. The largest absolute Gasteiger partial charge is 0.398 e. The standard InChI is InChI=1S/C25H20N2/c1-3-8-16(4-2)20-15-21(17-9-6-5-7-10-17)19-12-14-23(27)25-22(26)13-11-18(20)24(19)25/h3-15,27H,1-2,26H2/b16-8+,27-23?. The van der Waals surface area contributed by atoms with Gasteiger partial charge in [0, 0.05) is 16.6 Å². The number of benzene rings is 3. The molecule has 0 heterocycles. The number of nitrogens with two attached hydrogens (primary N) is 1. The van der Waals surface area contributed by atoms with E-state index in [9.17, 15) is 0 Å². The van der Waals surface area contributed by atoms with Crippen LogP contribution in [0.15, 0.2) is 86.0 Å². The third kappa shape index (κ3) is 2.63. The van der Waals surface area contributed by atoms with Gasteiger partial charge in [0.25, 0.3) is 0 Å². The summed E-state index contributed by atoms with van der Waals surface area (Å²) in [5.74, 6) is 0. The van der Waals surface area contributed by atoms with E-state index in [1.165, 1.54) is 0 Å². The maximum absolute atomic E-state index is 8.41. The molecule has 0 unspecified atom stereocenters. The maximum Gasteiger partial charge on any atom is 0.0639 e. The monoisotopic (exact) mass is 348 g/mol. The first-order chi connectivity index (χ1) is 13.2. The van der Waals surface area contributed by atoms with Crippen LogP contribution in [0.2, 0.25) is 0 Å². The van der Waals surface area contributed by atoms with Crippen molar-refractivity contribution in [2.75, 3.05) is 5.73 Å². The van der Waals surface area contributed by atoms with E-state index >= 15 is 0 Å². The van der Waals surface area contributed by atoms with Crippen molar-refractivity contribution in [1.29, 1.82) is 5.41 Å². The van der Waals surface area contributed by atoms with Crippen molar-refractivity contribution in [3.8, 4) is 11.1 Å². The van der Waals surface area contributed by atoms with E-state index in [2.05, 4.69) is 31.4 Å². The lowest BCUT2D eigenvalue weighted by Gasteiger charge is -2.22. The van der Waals surface area contributed by atoms with Gasteiger partial charge in [-0.3, -0.25) is 0 Å². The third-order valence-corrected chi connectivity index (χ3v) is 4.98. The molecule has 3 N–H and O–H groups in total. The minimum absolute atomic E-state index is 0.439. The summed E-state index contributed by atoms with van der Waals surface area (Å²) in [4.78, 5) is 0. The van der Waals surface area contributed by atoms with Gasteiger partial charge < -0.3 is 11.1 Å². The number of hydrogen-bond acceptors (Lipinski definition) is 2. The summed E-state index contributed by atoms with van der Waals surface area (Å²) < 4.78 is 0. The van der Waals surface area contributed by atoms with Crippen molar-refractivity contribution in [2.24, 2.45) is 0 Å². The molecule has 4 rings (SSSR count). The second kappa shape index (κ2) is 6.58. The molecule has 0 spiro atoms. The highest BCUT2D eigenvalue weighted by molar-refractivity contribution is 6.26. The van der Waals surface area contributed by atoms with Crippen LogP contribution in [0.5, 0.6) is 0 Å². The Bertz CT molecular complexity index is 1160. The molecule has 3 aromatic rings. The minimum atomic E-state index is 0.439. The fourth-order valence-electron chi connectivity index (χ4n) is 3.76. The molecular formula is C25H20N2. The number of nitrogens with one attached hydrogen (secondary N) is 1. The van der Waals surface area contributed by atoms with Gasteiger partial charge >= 0.3 is 0 Å². The molecule has 0 aromatic heterocycles. The van der Waals surface area contributed by atoms with E-state index in [0.29, 0.717) is 11.4 Å². The van der Waals surface area contributed by atoms with E-state index in [0.717, 1.165) is 44.2 Å². The molecule has 0 atom stereocenters. The smallest absolute Gasteiger partial charge is 0.0639 e. The lowest BCUT2D eigenvalue weighted by Crippen LogP contribution is -2.08. The molecule has 1 aliphatic carbocycles. The first kappa shape index (κ1) is 16.8. The SMILES string of the molecule is C=C/C=C(\C=C)c1cc(-c2ccccc2)c2c3c(c(N)ccc13)C(=N)C=C2. The van der Waals surface area contributed by atoms with Gasteiger partial charge in [0.05, 0.1) is 5.71 Å². The molecule has 0 saturated heterocycles. The first-order valence-corrected chi connectivity index (χ1v) is 8.83. The number of nitrogen functional groups attached to an aromatic ring is 1. The van der Waals surface area contributed by atoms with E-state index in [1.54, 1.807) is 6.08 Å². The van der Waals surface area contributed by atoms with Crippen LogP contribution in [-0.2, 0) is 0 Å². The van der Waals surface area contributed by atoms with Gasteiger partial charge in [-0.25, -0.2) is 0 Å².